The van der Waals surface area contributed by atoms with Gasteiger partial charge in [0.1, 0.15) is 5.92 Å². The molecule has 3 atom stereocenters. The Hall–Kier alpha value is -3.40. The molecule has 1 heterocycles. The second-order valence-electron chi connectivity index (χ2n) is 6.48. The van der Waals surface area contributed by atoms with Crippen LogP contribution in [0, 0.1) is 5.92 Å². The summed E-state index contributed by atoms with van der Waals surface area (Å²) in [6, 6.07) is 8.78. The number of urea groups is 1. The number of hydrogen-bond acceptors (Lipinski definition) is 4. The quantitative estimate of drug-likeness (QED) is 0.580. The molecule has 1 aliphatic heterocycles. The van der Waals surface area contributed by atoms with Gasteiger partial charge in [0.15, 0.2) is 5.78 Å². The van der Waals surface area contributed by atoms with Crippen molar-refractivity contribution in [2.24, 2.45) is 5.92 Å². The van der Waals surface area contributed by atoms with Crippen molar-refractivity contribution in [2.45, 2.75) is 17.9 Å². The number of Topliss-reactive ketones (excluding diaryl/α,β-unsaturated/α-hetero) is 1. The van der Waals surface area contributed by atoms with Gasteiger partial charge in [-0.25, -0.2) is 9.59 Å². The number of carbonyl (C=O) groups is 3. The highest BCUT2D eigenvalue weighted by Crippen LogP contribution is 2.43. The normalized spacial score (nSPS) is 24.3. The van der Waals surface area contributed by atoms with Gasteiger partial charge < -0.3 is 20.8 Å². The van der Waals surface area contributed by atoms with Crippen LogP contribution in [0.4, 0.5) is 18.0 Å². The van der Waals surface area contributed by atoms with E-state index in [1.807, 2.05) is 0 Å². The average Bonchev–Trinajstić information content (AvgIpc) is 2.67. The van der Waals surface area contributed by atoms with Gasteiger partial charge in [-0.15, -0.1) is 0 Å². The van der Waals surface area contributed by atoms with Gasteiger partial charge in [0.05, 0.1) is 11.6 Å². The van der Waals surface area contributed by atoms with E-state index < -0.39 is 41.6 Å². The molecule has 152 valence electrons. The van der Waals surface area contributed by atoms with Gasteiger partial charge in [-0.2, -0.15) is 13.2 Å². The summed E-state index contributed by atoms with van der Waals surface area (Å²) in [6.07, 6.45) is -5.36. The highest BCUT2D eigenvalue weighted by molar-refractivity contribution is 6.00. The second-order valence-corrected chi connectivity index (χ2v) is 6.48. The number of amides is 2. The number of carboxylic acids is 1. The lowest BCUT2D eigenvalue weighted by atomic mass is 9.77. The molecule has 10 heteroatoms. The van der Waals surface area contributed by atoms with Crippen molar-refractivity contribution in [2.75, 3.05) is 0 Å². The van der Waals surface area contributed by atoms with Gasteiger partial charge in [-0.3, -0.25) is 4.79 Å². The Morgan fingerprint density at radius 2 is 1.55 bits per heavy atom. The highest BCUT2D eigenvalue weighted by Gasteiger charge is 2.66. The molecule has 0 spiro atoms. The number of halogens is 3. The standard InChI is InChI=1S/C19H15F3N2O5/c20-19(21,22)18(29)13(15(25)11-4-2-1-3-5-11)14(23-17(28)24-18)10-6-8-12(9-7-10)16(26)27/h1-9,13-14,29H,(H,26,27)(H2,23,24,28). The predicted octanol–water partition coefficient (Wildman–Crippen LogP) is 2.49. The molecule has 0 bridgehead atoms. The number of aromatic carboxylic acids is 1. The van der Waals surface area contributed by atoms with Gasteiger partial charge in [0.25, 0.3) is 0 Å². The van der Waals surface area contributed by atoms with Gasteiger partial charge in [0.2, 0.25) is 5.72 Å². The van der Waals surface area contributed by atoms with Crippen molar-refractivity contribution >= 4 is 17.8 Å². The zero-order valence-corrected chi connectivity index (χ0v) is 14.6. The molecular formula is C19H15F3N2O5. The maximum absolute atomic E-state index is 13.8. The van der Waals surface area contributed by atoms with Crippen molar-refractivity contribution < 1.29 is 37.8 Å². The van der Waals surface area contributed by atoms with Crippen molar-refractivity contribution in [1.82, 2.24) is 10.6 Å². The first-order valence-electron chi connectivity index (χ1n) is 8.35. The van der Waals surface area contributed by atoms with Crippen LogP contribution in [0.15, 0.2) is 54.6 Å². The smallest absolute Gasteiger partial charge is 0.437 e. The lowest BCUT2D eigenvalue weighted by molar-refractivity contribution is -0.287. The molecule has 2 aromatic rings. The average molecular weight is 408 g/mol. The third-order valence-electron chi connectivity index (χ3n) is 4.66. The molecule has 29 heavy (non-hydrogen) atoms. The Bertz CT molecular complexity index is 947. The van der Waals surface area contributed by atoms with Crippen LogP contribution in [0.25, 0.3) is 0 Å². The molecule has 1 saturated heterocycles. The Kier molecular flexibility index (Phi) is 5.05. The third kappa shape index (κ3) is 3.66. The Morgan fingerprint density at radius 3 is 2.07 bits per heavy atom. The largest absolute Gasteiger partial charge is 0.478 e. The second kappa shape index (κ2) is 7.21. The number of ketones is 1. The van der Waals surface area contributed by atoms with Crippen LogP contribution in [0.3, 0.4) is 0 Å². The summed E-state index contributed by atoms with van der Waals surface area (Å²) in [5.74, 6) is -4.47. The van der Waals surface area contributed by atoms with Gasteiger partial charge in [-0.1, -0.05) is 42.5 Å². The van der Waals surface area contributed by atoms with E-state index in [1.54, 1.807) is 6.07 Å². The van der Waals surface area contributed by atoms with Crippen LogP contribution in [-0.2, 0) is 0 Å². The molecule has 1 fully saturated rings. The van der Waals surface area contributed by atoms with Crippen molar-refractivity contribution in [3.8, 4) is 0 Å². The van der Waals surface area contributed by atoms with Crippen LogP contribution in [-0.4, -0.2) is 39.9 Å². The zero-order valence-electron chi connectivity index (χ0n) is 14.6. The highest BCUT2D eigenvalue weighted by atomic mass is 19.4. The number of carbonyl (C=O) groups excluding carboxylic acids is 2. The monoisotopic (exact) mass is 408 g/mol. The Balaban J connectivity index is 2.14. The first-order chi connectivity index (χ1) is 13.5. The summed E-state index contributed by atoms with van der Waals surface area (Å²) in [7, 11) is 0. The maximum atomic E-state index is 13.8. The molecule has 2 aromatic carbocycles. The van der Waals surface area contributed by atoms with E-state index in [-0.39, 0.29) is 16.7 Å². The molecule has 0 saturated carbocycles. The lowest BCUT2D eigenvalue weighted by Crippen LogP contribution is -2.72. The first-order valence-corrected chi connectivity index (χ1v) is 8.35. The minimum Gasteiger partial charge on any atom is -0.478 e. The van der Waals surface area contributed by atoms with Crippen LogP contribution < -0.4 is 10.6 Å². The summed E-state index contributed by atoms with van der Waals surface area (Å²) in [5.41, 5.74) is -4.03. The van der Waals surface area contributed by atoms with E-state index in [9.17, 15) is 32.7 Å². The van der Waals surface area contributed by atoms with E-state index in [0.29, 0.717) is 0 Å². The summed E-state index contributed by atoms with van der Waals surface area (Å²) in [4.78, 5) is 35.9. The topological polar surface area (TPSA) is 116 Å². The fourth-order valence-corrected chi connectivity index (χ4v) is 3.23. The van der Waals surface area contributed by atoms with E-state index >= 15 is 0 Å². The van der Waals surface area contributed by atoms with E-state index in [1.165, 1.54) is 41.7 Å². The maximum Gasteiger partial charge on any atom is 0.437 e. The fourth-order valence-electron chi connectivity index (χ4n) is 3.23. The van der Waals surface area contributed by atoms with Gasteiger partial charge >= 0.3 is 18.2 Å². The summed E-state index contributed by atoms with van der Waals surface area (Å²) in [6.45, 7) is 0. The minimum atomic E-state index is -5.36. The number of carboxylic acid groups (broad SMARTS) is 1. The fraction of sp³-hybridized carbons (Fsp3) is 0.211. The number of nitrogens with one attached hydrogen (secondary N) is 2. The van der Waals surface area contributed by atoms with E-state index in [2.05, 4.69) is 5.32 Å². The Labute approximate surface area is 162 Å². The molecule has 1 aliphatic rings. The van der Waals surface area contributed by atoms with Crippen LogP contribution in [0.2, 0.25) is 0 Å². The number of aliphatic hydroxyl groups is 1. The van der Waals surface area contributed by atoms with Gasteiger partial charge in [-0.05, 0) is 17.7 Å². The number of benzene rings is 2. The summed E-state index contributed by atoms with van der Waals surface area (Å²) >= 11 is 0. The molecule has 2 amide bonds. The third-order valence-corrected chi connectivity index (χ3v) is 4.66. The first kappa shape index (κ1) is 20.3. The van der Waals surface area contributed by atoms with Crippen molar-refractivity contribution in [3.63, 3.8) is 0 Å². The van der Waals surface area contributed by atoms with Crippen molar-refractivity contribution in [3.05, 3.63) is 71.3 Å². The molecule has 4 N–H and O–H groups in total. The predicted molar refractivity (Wildman–Crippen MR) is 93.1 cm³/mol. The summed E-state index contributed by atoms with van der Waals surface area (Å²) < 4.78 is 41.3. The van der Waals surface area contributed by atoms with Crippen LogP contribution >= 0.6 is 0 Å². The molecule has 0 radical (unpaired) electrons. The lowest BCUT2D eigenvalue weighted by Gasteiger charge is -2.45. The van der Waals surface area contributed by atoms with Gasteiger partial charge in [0, 0.05) is 5.56 Å². The summed E-state index contributed by atoms with van der Waals surface area (Å²) in [5, 5.41) is 23.1. The molecule has 0 aliphatic carbocycles. The zero-order chi connectivity index (χ0) is 21.4. The molecule has 3 unspecified atom stereocenters. The van der Waals surface area contributed by atoms with E-state index in [4.69, 9.17) is 5.11 Å². The SMILES string of the molecule is O=C1NC(c2ccc(C(=O)O)cc2)C(C(=O)c2ccccc2)C(O)(C(F)(F)F)N1. The molecular weight excluding hydrogens is 393 g/mol. The van der Waals surface area contributed by atoms with Crippen molar-refractivity contribution in [1.29, 1.82) is 0 Å². The van der Waals surface area contributed by atoms with E-state index in [0.717, 1.165) is 12.1 Å². The number of rotatable bonds is 4. The van der Waals surface area contributed by atoms with Crippen LogP contribution in [0.1, 0.15) is 32.3 Å². The molecule has 0 aromatic heterocycles. The minimum absolute atomic E-state index is 0.0295. The molecule has 3 rings (SSSR count). The molecule has 7 nitrogen and oxygen atoms in total. The Morgan fingerprint density at radius 1 is 0.966 bits per heavy atom. The number of alkyl halides is 3. The van der Waals surface area contributed by atoms with Crippen LogP contribution in [0.5, 0.6) is 0 Å². The number of hydrogen-bond donors (Lipinski definition) is 4.